The number of halogens is 1. The standard InChI is InChI=1S/C14H22N2O2S.ClH/c1-10-5-6-11(2)14(7-10)19(17,18)16-9-12(3)15-8-13(16)4;/h5-7,12-13,15H,8-9H2,1-4H3;1H. The first-order valence-electron chi connectivity index (χ1n) is 6.65. The SMILES string of the molecule is Cc1ccc(C)c(S(=O)(=O)N2CC(C)NCC2C)c1.Cl. The van der Waals surface area contributed by atoms with E-state index in [1.807, 2.05) is 39.8 Å². The minimum atomic E-state index is -3.40. The zero-order chi connectivity index (χ0) is 14.2. The summed E-state index contributed by atoms with van der Waals surface area (Å²) in [7, 11) is -3.40. The Morgan fingerprint density at radius 2 is 1.90 bits per heavy atom. The van der Waals surface area contributed by atoms with Crippen molar-refractivity contribution in [3.05, 3.63) is 29.3 Å². The second-order valence-corrected chi connectivity index (χ2v) is 7.36. The molecule has 0 aromatic heterocycles. The molecule has 4 nitrogen and oxygen atoms in total. The van der Waals surface area contributed by atoms with E-state index in [4.69, 9.17) is 0 Å². The summed E-state index contributed by atoms with van der Waals surface area (Å²) in [6.07, 6.45) is 0. The van der Waals surface area contributed by atoms with Crippen LogP contribution in [0.4, 0.5) is 0 Å². The maximum Gasteiger partial charge on any atom is 0.243 e. The third-order valence-electron chi connectivity index (χ3n) is 3.64. The Balaban J connectivity index is 0.00000200. The minimum Gasteiger partial charge on any atom is -0.311 e. The Morgan fingerprint density at radius 1 is 1.25 bits per heavy atom. The van der Waals surface area contributed by atoms with Crippen LogP contribution < -0.4 is 5.32 Å². The fourth-order valence-electron chi connectivity index (χ4n) is 2.43. The molecule has 1 heterocycles. The first-order chi connectivity index (χ1) is 8.82. The van der Waals surface area contributed by atoms with Crippen LogP contribution >= 0.6 is 12.4 Å². The van der Waals surface area contributed by atoms with Gasteiger partial charge in [-0.3, -0.25) is 0 Å². The molecule has 1 aliphatic heterocycles. The van der Waals surface area contributed by atoms with Gasteiger partial charge in [0.15, 0.2) is 0 Å². The van der Waals surface area contributed by atoms with E-state index in [1.54, 1.807) is 10.4 Å². The average Bonchev–Trinajstić information content (AvgIpc) is 2.35. The fourth-order valence-corrected chi connectivity index (χ4v) is 4.47. The highest BCUT2D eigenvalue weighted by atomic mass is 35.5. The Bertz CT molecular complexity index is 575. The van der Waals surface area contributed by atoms with Crippen LogP contribution in [0, 0.1) is 13.8 Å². The molecule has 1 fully saturated rings. The lowest BCUT2D eigenvalue weighted by Gasteiger charge is -2.36. The van der Waals surface area contributed by atoms with E-state index in [9.17, 15) is 8.42 Å². The van der Waals surface area contributed by atoms with Crippen LogP contribution in [-0.2, 0) is 10.0 Å². The van der Waals surface area contributed by atoms with Crippen molar-refractivity contribution in [1.29, 1.82) is 0 Å². The zero-order valence-electron chi connectivity index (χ0n) is 12.4. The number of benzene rings is 1. The molecule has 2 unspecified atom stereocenters. The maximum absolute atomic E-state index is 12.8. The second kappa shape index (κ2) is 6.43. The molecule has 0 spiro atoms. The van der Waals surface area contributed by atoms with Gasteiger partial charge >= 0.3 is 0 Å². The van der Waals surface area contributed by atoms with Crippen molar-refractivity contribution in [3.8, 4) is 0 Å². The molecule has 1 aliphatic rings. The van der Waals surface area contributed by atoms with Gasteiger partial charge in [-0.25, -0.2) is 8.42 Å². The number of aryl methyl sites for hydroxylation is 2. The molecule has 0 saturated carbocycles. The molecular formula is C14H23ClN2O2S. The van der Waals surface area contributed by atoms with Crippen molar-refractivity contribution in [2.24, 2.45) is 0 Å². The molecule has 0 amide bonds. The number of hydrogen-bond donors (Lipinski definition) is 1. The first-order valence-corrected chi connectivity index (χ1v) is 8.09. The highest BCUT2D eigenvalue weighted by Gasteiger charge is 2.34. The number of sulfonamides is 1. The van der Waals surface area contributed by atoms with Crippen molar-refractivity contribution in [1.82, 2.24) is 9.62 Å². The topological polar surface area (TPSA) is 49.4 Å². The molecule has 0 aliphatic carbocycles. The Hall–Kier alpha value is -0.620. The van der Waals surface area contributed by atoms with Gasteiger partial charge in [-0.05, 0) is 44.9 Å². The van der Waals surface area contributed by atoms with E-state index in [1.165, 1.54) is 0 Å². The highest BCUT2D eigenvalue weighted by Crippen LogP contribution is 2.24. The lowest BCUT2D eigenvalue weighted by Crippen LogP contribution is -2.56. The molecule has 1 saturated heterocycles. The molecule has 0 bridgehead atoms. The zero-order valence-corrected chi connectivity index (χ0v) is 14.0. The quantitative estimate of drug-likeness (QED) is 0.908. The third-order valence-corrected chi connectivity index (χ3v) is 5.76. The summed E-state index contributed by atoms with van der Waals surface area (Å²) in [5.74, 6) is 0. The summed E-state index contributed by atoms with van der Waals surface area (Å²) in [4.78, 5) is 0.438. The Labute approximate surface area is 128 Å². The summed E-state index contributed by atoms with van der Waals surface area (Å²) in [5.41, 5.74) is 1.78. The molecule has 1 aromatic rings. The molecule has 2 rings (SSSR count). The minimum absolute atomic E-state index is 0. The van der Waals surface area contributed by atoms with E-state index in [2.05, 4.69) is 5.32 Å². The van der Waals surface area contributed by atoms with Crippen molar-refractivity contribution in [2.45, 2.75) is 44.7 Å². The van der Waals surface area contributed by atoms with Crippen molar-refractivity contribution in [3.63, 3.8) is 0 Å². The van der Waals surface area contributed by atoms with Gasteiger partial charge in [0.1, 0.15) is 0 Å². The van der Waals surface area contributed by atoms with E-state index < -0.39 is 10.0 Å². The summed E-state index contributed by atoms with van der Waals surface area (Å²) >= 11 is 0. The lowest BCUT2D eigenvalue weighted by atomic mass is 10.2. The van der Waals surface area contributed by atoms with Crippen molar-refractivity contribution >= 4 is 22.4 Å². The Kier molecular flexibility index (Phi) is 5.61. The maximum atomic E-state index is 12.8. The predicted molar refractivity (Wildman–Crippen MR) is 84.0 cm³/mol. The predicted octanol–water partition coefficient (Wildman–Crippen LogP) is 2.10. The largest absolute Gasteiger partial charge is 0.311 e. The van der Waals surface area contributed by atoms with Gasteiger partial charge in [0, 0.05) is 25.2 Å². The molecule has 20 heavy (non-hydrogen) atoms. The summed E-state index contributed by atoms with van der Waals surface area (Å²) < 4.78 is 27.2. The van der Waals surface area contributed by atoms with Crippen LogP contribution in [0.15, 0.2) is 23.1 Å². The van der Waals surface area contributed by atoms with Gasteiger partial charge in [-0.15, -0.1) is 12.4 Å². The molecule has 114 valence electrons. The summed E-state index contributed by atoms with van der Waals surface area (Å²) in [6, 6.07) is 5.76. The van der Waals surface area contributed by atoms with Crippen LogP contribution in [-0.4, -0.2) is 37.9 Å². The molecule has 0 radical (unpaired) electrons. The van der Waals surface area contributed by atoms with E-state index in [-0.39, 0.29) is 24.5 Å². The number of piperazine rings is 1. The van der Waals surface area contributed by atoms with E-state index in [0.717, 1.165) is 11.1 Å². The molecular weight excluding hydrogens is 296 g/mol. The van der Waals surface area contributed by atoms with Gasteiger partial charge in [0.25, 0.3) is 0 Å². The number of rotatable bonds is 2. The third kappa shape index (κ3) is 3.34. The van der Waals surface area contributed by atoms with Gasteiger partial charge < -0.3 is 5.32 Å². The van der Waals surface area contributed by atoms with Gasteiger partial charge in [-0.2, -0.15) is 4.31 Å². The average molecular weight is 319 g/mol. The first kappa shape index (κ1) is 17.4. The van der Waals surface area contributed by atoms with Gasteiger partial charge in [0.05, 0.1) is 4.90 Å². The molecule has 1 aromatic carbocycles. The summed E-state index contributed by atoms with van der Waals surface area (Å²) in [5, 5.41) is 3.31. The van der Waals surface area contributed by atoms with Crippen molar-refractivity contribution in [2.75, 3.05) is 13.1 Å². The van der Waals surface area contributed by atoms with Crippen LogP contribution in [0.2, 0.25) is 0 Å². The smallest absolute Gasteiger partial charge is 0.243 e. The second-order valence-electron chi connectivity index (χ2n) is 5.50. The highest BCUT2D eigenvalue weighted by molar-refractivity contribution is 7.89. The van der Waals surface area contributed by atoms with Crippen LogP contribution in [0.3, 0.4) is 0 Å². The normalized spacial score (nSPS) is 24.2. The van der Waals surface area contributed by atoms with Crippen LogP contribution in [0.1, 0.15) is 25.0 Å². The van der Waals surface area contributed by atoms with Crippen LogP contribution in [0.25, 0.3) is 0 Å². The Morgan fingerprint density at radius 3 is 2.55 bits per heavy atom. The molecule has 6 heteroatoms. The molecule has 2 atom stereocenters. The van der Waals surface area contributed by atoms with E-state index >= 15 is 0 Å². The number of hydrogen-bond acceptors (Lipinski definition) is 3. The lowest BCUT2D eigenvalue weighted by molar-refractivity contribution is 0.244. The van der Waals surface area contributed by atoms with Gasteiger partial charge in [0.2, 0.25) is 10.0 Å². The van der Waals surface area contributed by atoms with Crippen LogP contribution in [0.5, 0.6) is 0 Å². The van der Waals surface area contributed by atoms with Gasteiger partial charge in [-0.1, -0.05) is 12.1 Å². The molecule has 1 N–H and O–H groups in total. The van der Waals surface area contributed by atoms with E-state index in [0.29, 0.717) is 18.0 Å². The number of nitrogens with one attached hydrogen (secondary N) is 1. The summed E-state index contributed by atoms with van der Waals surface area (Å²) in [6.45, 7) is 8.95. The monoisotopic (exact) mass is 318 g/mol. The fraction of sp³-hybridized carbons (Fsp3) is 0.571. The number of nitrogens with zero attached hydrogens (tertiary/aromatic N) is 1. The van der Waals surface area contributed by atoms with Crippen molar-refractivity contribution < 1.29 is 8.42 Å².